The van der Waals surface area contributed by atoms with Crippen molar-refractivity contribution in [3.05, 3.63) is 0 Å². The van der Waals surface area contributed by atoms with Crippen LogP contribution in [0.15, 0.2) is 0 Å². The number of nitrogens with one attached hydrogen (secondary N) is 1. The average Bonchev–Trinajstić information content (AvgIpc) is 3.37. The van der Waals surface area contributed by atoms with Crippen molar-refractivity contribution in [3.8, 4) is 0 Å². The summed E-state index contributed by atoms with van der Waals surface area (Å²) in [6.45, 7) is 4.99. The lowest BCUT2D eigenvalue weighted by Crippen LogP contribution is -2.45. The molecule has 0 aromatic heterocycles. The molecule has 0 bridgehead atoms. The summed E-state index contributed by atoms with van der Waals surface area (Å²) in [6.07, 6.45) is 72.8. The van der Waals surface area contributed by atoms with E-state index in [0.717, 1.165) is 38.5 Å². The number of unbranched alkanes of at least 4 members (excludes halogenated alkanes) is 51. The normalized spacial score (nSPS) is 12.5. The summed E-state index contributed by atoms with van der Waals surface area (Å²) in [5, 5.41) is 23.2. The van der Waals surface area contributed by atoms with Crippen molar-refractivity contribution in [2.45, 2.75) is 392 Å². The Morgan fingerprint density at radius 1 is 0.338 bits per heavy atom. The van der Waals surface area contributed by atoms with E-state index < -0.39 is 12.1 Å². The molecule has 424 valence electrons. The molecule has 3 N–H and O–H groups in total. The van der Waals surface area contributed by atoms with Gasteiger partial charge >= 0.3 is 5.97 Å². The zero-order valence-corrected chi connectivity index (χ0v) is 48.5. The van der Waals surface area contributed by atoms with Crippen molar-refractivity contribution >= 4 is 11.9 Å². The van der Waals surface area contributed by atoms with Crippen LogP contribution in [0, 0.1) is 0 Å². The highest BCUT2D eigenvalue weighted by atomic mass is 16.5. The Labute approximate surface area is 445 Å². The van der Waals surface area contributed by atoms with Crippen molar-refractivity contribution in [3.63, 3.8) is 0 Å². The first kappa shape index (κ1) is 69.9. The number of amides is 1. The fourth-order valence-electron chi connectivity index (χ4n) is 10.6. The molecule has 0 radical (unpaired) electrons. The van der Waals surface area contributed by atoms with Crippen LogP contribution < -0.4 is 5.32 Å². The molecule has 0 saturated carbocycles. The van der Waals surface area contributed by atoms with Gasteiger partial charge in [-0.15, -0.1) is 0 Å². The Balaban J connectivity index is 3.31. The number of hydrogen-bond acceptors (Lipinski definition) is 5. The first-order valence-corrected chi connectivity index (χ1v) is 32.8. The smallest absolute Gasteiger partial charge is 0.305 e. The number of hydrogen-bond donors (Lipinski definition) is 3. The third-order valence-electron chi connectivity index (χ3n) is 15.7. The summed E-state index contributed by atoms with van der Waals surface area (Å²) in [6, 6.07) is -0.538. The van der Waals surface area contributed by atoms with Gasteiger partial charge in [0.1, 0.15) is 0 Å². The fraction of sp³-hybridized carbons (Fsp3) is 0.969. The van der Waals surface area contributed by atoms with Gasteiger partial charge < -0.3 is 20.3 Å². The molecule has 1 amide bonds. The van der Waals surface area contributed by atoms with Gasteiger partial charge in [0.15, 0.2) is 0 Å². The van der Waals surface area contributed by atoms with Crippen molar-refractivity contribution in [2.24, 2.45) is 0 Å². The van der Waals surface area contributed by atoms with Crippen LogP contribution in [0.3, 0.4) is 0 Å². The molecular weight excluding hydrogens is 875 g/mol. The largest absolute Gasteiger partial charge is 0.466 e. The number of aliphatic hydroxyl groups is 2. The van der Waals surface area contributed by atoms with E-state index >= 15 is 0 Å². The Morgan fingerprint density at radius 2 is 0.577 bits per heavy atom. The zero-order valence-electron chi connectivity index (χ0n) is 48.5. The maximum Gasteiger partial charge on any atom is 0.305 e. The minimum Gasteiger partial charge on any atom is -0.466 e. The first-order valence-electron chi connectivity index (χ1n) is 32.8. The molecule has 0 spiro atoms. The molecular formula is C65H129NO5. The third-order valence-corrected chi connectivity index (χ3v) is 15.7. The Bertz CT molecular complexity index is 1020. The number of ether oxygens (including phenoxy) is 1. The Morgan fingerprint density at radius 3 is 0.859 bits per heavy atom. The van der Waals surface area contributed by atoms with Crippen molar-refractivity contribution in [2.75, 3.05) is 13.2 Å². The van der Waals surface area contributed by atoms with Crippen molar-refractivity contribution < 1.29 is 24.5 Å². The quantitative estimate of drug-likeness (QED) is 0.0417. The van der Waals surface area contributed by atoms with Gasteiger partial charge in [0.05, 0.1) is 25.4 Å². The van der Waals surface area contributed by atoms with Crippen molar-refractivity contribution in [1.29, 1.82) is 0 Å². The predicted octanol–water partition coefficient (Wildman–Crippen LogP) is 20.6. The second-order valence-electron chi connectivity index (χ2n) is 22.8. The molecule has 0 aliphatic heterocycles. The van der Waals surface area contributed by atoms with E-state index in [1.54, 1.807) is 0 Å². The highest BCUT2D eigenvalue weighted by molar-refractivity contribution is 5.76. The summed E-state index contributed by atoms with van der Waals surface area (Å²) in [7, 11) is 0. The van der Waals surface area contributed by atoms with E-state index in [0.29, 0.717) is 25.9 Å². The molecule has 2 atom stereocenters. The molecule has 0 fully saturated rings. The van der Waals surface area contributed by atoms with Crippen LogP contribution in [0.2, 0.25) is 0 Å². The average molecular weight is 1000 g/mol. The van der Waals surface area contributed by atoms with E-state index in [2.05, 4.69) is 19.2 Å². The van der Waals surface area contributed by atoms with Crippen LogP contribution in [0.1, 0.15) is 380 Å². The first-order chi connectivity index (χ1) is 35.0. The summed E-state index contributed by atoms with van der Waals surface area (Å²) < 4.78 is 5.50. The summed E-state index contributed by atoms with van der Waals surface area (Å²) in [5.74, 6) is -0.00985. The predicted molar refractivity (Wildman–Crippen MR) is 310 cm³/mol. The minimum atomic E-state index is -0.661. The molecule has 2 unspecified atom stereocenters. The molecule has 0 aliphatic rings. The number of carbonyl (C=O) groups excluding carboxylic acids is 2. The van der Waals surface area contributed by atoms with Crippen LogP contribution >= 0.6 is 0 Å². The Kier molecular flexibility index (Phi) is 60.4. The van der Waals surface area contributed by atoms with Gasteiger partial charge in [-0.2, -0.15) is 0 Å². The molecule has 6 heteroatoms. The van der Waals surface area contributed by atoms with Gasteiger partial charge in [0.2, 0.25) is 5.91 Å². The highest BCUT2D eigenvalue weighted by Gasteiger charge is 2.20. The maximum atomic E-state index is 12.5. The molecule has 71 heavy (non-hydrogen) atoms. The summed E-state index contributed by atoms with van der Waals surface area (Å²) >= 11 is 0. The van der Waals surface area contributed by atoms with Gasteiger partial charge in [-0.1, -0.05) is 341 Å². The lowest BCUT2D eigenvalue weighted by atomic mass is 10.0. The van der Waals surface area contributed by atoms with Gasteiger partial charge in [-0.05, 0) is 25.7 Å². The van der Waals surface area contributed by atoms with Crippen LogP contribution in [0.4, 0.5) is 0 Å². The number of aliphatic hydroxyl groups excluding tert-OH is 2. The van der Waals surface area contributed by atoms with E-state index in [-0.39, 0.29) is 18.5 Å². The topological polar surface area (TPSA) is 95.9 Å². The zero-order chi connectivity index (χ0) is 51.4. The van der Waals surface area contributed by atoms with E-state index in [4.69, 9.17) is 4.74 Å². The Hall–Kier alpha value is -1.14. The summed E-state index contributed by atoms with van der Waals surface area (Å²) in [4.78, 5) is 24.6. The van der Waals surface area contributed by atoms with Gasteiger partial charge in [0, 0.05) is 12.8 Å². The SMILES string of the molecule is CCCCCCCCCCCCCCCCCCCC(=O)OCCCCCCCCCCCCCCCCCCCCCCCCCCCC(=O)NC(CO)C(O)CCCCCCCCCCCCCC. The molecule has 0 aliphatic carbocycles. The highest BCUT2D eigenvalue weighted by Crippen LogP contribution is 2.19. The number of rotatable bonds is 62. The molecule has 0 aromatic carbocycles. The van der Waals surface area contributed by atoms with Crippen molar-refractivity contribution in [1.82, 2.24) is 5.32 Å². The van der Waals surface area contributed by atoms with Gasteiger partial charge in [0.25, 0.3) is 0 Å². The molecule has 6 nitrogen and oxygen atoms in total. The van der Waals surface area contributed by atoms with E-state index in [1.165, 1.54) is 308 Å². The number of carbonyl (C=O) groups is 2. The third kappa shape index (κ3) is 58.0. The standard InChI is InChI=1S/C65H129NO5/c1-3-5-7-9-11-13-15-17-18-28-32-35-39-43-47-51-55-59-65(70)71-60-56-52-48-44-40-36-33-30-27-25-23-21-19-20-22-24-26-29-31-34-38-42-46-50-54-58-64(69)66-62(61-67)63(68)57-53-49-45-41-37-16-14-12-10-8-6-4-2/h62-63,67-68H,3-61H2,1-2H3,(H,66,69). The fourth-order valence-corrected chi connectivity index (χ4v) is 10.6. The maximum absolute atomic E-state index is 12.5. The van der Waals surface area contributed by atoms with Crippen LogP contribution in [-0.4, -0.2) is 47.4 Å². The summed E-state index contributed by atoms with van der Waals surface area (Å²) in [5.41, 5.74) is 0. The van der Waals surface area contributed by atoms with Gasteiger partial charge in [-0.3, -0.25) is 9.59 Å². The molecule has 0 heterocycles. The minimum absolute atomic E-state index is 0.0214. The van der Waals surface area contributed by atoms with Gasteiger partial charge in [-0.25, -0.2) is 0 Å². The lowest BCUT2D eigenvalue weighted by Gasteiger charge is -2.22. The van der Waals surface area contributed by atoms with Crippen LogP contribution in [-0.2, 0) is 14.3 Å². The second kappa shape index (κ2) is 61.4. The lowest BCUT2D eigenvalue weighted by molar-refractivity contribution is -0.143. The van der Waals surface area contributed by atoms with Crippen LogP contribution in [0.5, 0.6) is 0 Å². The van der Waals surface area contributed by atoms with E-state index in [9.17, 15) is 19.8 Å². The van der Waals surface area contributed by atoms with E-state index in [1.807, 2.05) is 0 Å². The van der Waals surface area contributed by atoms with Crippen LogP contribution in [0.25, 0.3) is 0 Å². The molecule has 0 saturated heterocycles. The number of esters is 1. The molecule has 0 rings (SSSR count). The molecule has 0 aromatic rings. The second-order valence-corrected chi connectivity index (χ2v) is 22.8. The monoisotopic (exact) mass is 1000 g/mol.